The lowest BCUT2D eigenvalue weighted by Crippen LogP contribution is -2.23. The highest BCUT2D eigenvalue weighted by atomic mass is 32.2. The van der Waals surface area contributed by atoms with Gasteiger partial charge >= 0.3 is 0 Å². The highest BCUT2D eigenvalue weighted by Crippen LogP contribution is 2.22. The summed E-state index contributed by atoms with van der Waals surface area (Å²) in [5.74, 6) is 0.278. The van der Waals surface area contributed by atoms with Crippen LogP contribution in [-0.2, 0) is 26.0 Å². The molecule has 2 aromatic rings. The molecule has 29 heavy (non-hydrogen) atoms. The van der Waals surface area contributed by atoms with Gasteiger partial charge in [0.2, 0.25) is 10.0 Å². The number of anilines is 1. The second-order valence-corrected chi connectivity index (χ2v) is 9.10. The number of sulfonamides is 1. The van der Waals surface area contributed by atoms with E-state index in [0.29, 0.717) is 24.3 Å². The molecule has 156 valence electrons. The van der Waals surface area contributed by atoms with Crippen LogP contribution in [0, 0.1) is 6.92 Å². The fourth-order valence-corrected chi connectivity index (χ4v) is 3.44. The lowest BCUT2D eigenvalue weighted by atomic mass is 10.1. The first-order valence-corrected chi connectivity index (χ1v) is 10.6. The molecule has 0 fully saturated rings. The van der Waals surface area contributed by atoms with Gasteiger partial charge in [-0.25, -0.2) is 12.7 Å². The molecule has 0 spiro atoms. The lowest BCUT2D eigenvalue weighted by Gasteiger charge is -2.14. The average Bonchev–Trinajstić information content (AvgIpc) is 2.67. The normalized spacial score (nSPS) is 11.3. The number of amides is 1. The number of nitrogens with one attached hydrogen (secondary N) is 1. The van der Waals surface area contributed by atoms with Crippen molar-refractivity contribution in [2.75, 3.05) is 26.0 Å². The summed E-state index contributed by atoms with van der Waals surface area (Å²) in [4.78, 5) is 23.4. The quantitative estimate of drug-likeness (QED) is 0.676. The van der Waals surface area contributed by atoms with Crippen LogP contribution >= 0.6 is 0 Å². The van der Waals surface area contributed by atoms with Gasteiger partial charge in [0.15, 0.2) is 6.61 Å². The van der Waals surface area contributed by atoms with Gasteiger partial charge in [0, 0.05) is 26.2 Å². The number of carbonyl (C=O) groups excluding carboxylic acids is 2. The maximum absolute atomic E-state index is 12.3. The second-order valence-electron chi connectivity index (χ2n) is 6.95. The van der Waals surface area contributed by atoms with Crippen LogP contribution in [0.15, 0.2) is 47.4 Å². The highest BCUT2D eigenvalue weighted by Gasteiger charge is 2.18. The topological polar surface area (TPSA) is 92.8 Å². The van der Waals surface area contributed by atoms with Gasteiger partial charge in [0.25, 0.3) is 5.91 Å². The van der Waals surface area contributed by atoms with E-state index in [1.807, 2.05) is 12.1 Å². The Kier molecular flexibility index (Phi) is 7.53. The molecule has 0 aliphatic heterocycles. The summed E-state index contributed by atoms with van der Waals surface area (Å²) < 4.78 is 31.2. The van der Waals surface area contributed by atoms with Gasteiger partial charge in [-0.3, -0.25) is 4.79 Å². The number of Topliss-reactive ketones (excluding diaryl/α,β-unsaturated/α-hetero) is 1. The van der Waals surface area contributed by atoms with E-state index in [-0.39, 0.29) is 17.3 Å². The van der Waals surface area contributed by atoms with E-state index in [1.165, 1.54) is 26.2 Å². The van der Waals surface area contributed by atoms with Crippen LogP contribution in [0.3, 0.4) is 0 Å². The van der Waals surface area contributed by atoms with E-state index < -0.39 is 15.9 Å². The molecule has 7 nitrogen and oxygen atoms in total. The molecular formula is C21H26N2O5S. The number of aryl methyl sites for hydroxylation is 2. The standard InChI is InChI=1S/C21H26N2O5S/c1-15-5-12-19(29(26,27)23(3)4)13-20(15)22-21(25)14-28-18-10-8-17(9-11-18)7-6-16(2)24/h5,8-13H,6-7,14H2,1-4H3,(H,22,25). The Morgan fingerprint density at radius 2 is 1.72 bits per heavy atom. The first-order chi connectivity index (χ1) is 13.6. The minimum Gasteiger partial charge on any atom is -0.484 e. The van der Waals surface area contributed by atoms with Crippen molar-refractivity contribution in [3.63, 3.8) is 0 Å². The van der Waals surface area contributed by atoms with Crippen molar-refractivity contribution in [3.8, 4) is 5.75 Å². The van der Waals surface area contributed by atoms with Crippen LogP contribution in [0.5, 0.6) is 5.75 Å². The van der Waals surface area contributed by atoms with Crippen LogP contribution in [-0.4, -0.2) is 45.1 Å². The van der Waals surface area contributed by atoms with Crippen molar-refractivity contribution < 1.29 is 22.7 Å². The van der Waals surface area contributed by atoms with E-state index in [4.69, 9.17) is 4.74 Å². The SMILES string of the molecule is CC(=O)CCc1ccc(OCC(=O)Nc2cc(S(=O)(=O)N(C)C)ccc2C)cc1. The molecule has 0 bridgehead atoms. The minimum absolute atomic E-state index is 0.102. The number of carbonyl (C=O) groups is 2. The Labute approximate surface area is 171 Å². The maximum atomic E-state index is 12.3. The molecule has 2 rings (SSSR count). The van der Waals surface area contributed by atoms with Crippen molar-refractivity contribution in [3.05, 3.63) is 53.6 Å². The third kappa shape index (κ3) is 6.40. The highest BCUT2D eigenvalue weighted by molar-refractivity contribution is 7.89. The third-order valence-electron chi connectivity index (χ3n) is 4.32. The second kappa shape index (κ2) is 9.67. The molecule has 1 N–H and O–H groups in total. The van der Waals surface area contributed by atoms with E-state index in [0.717, 1.165) is 15.4 Å². The van der Waals surface area contributed by atoms with Gasteiger partial charge in [-0.05, 0) is 55.7 Å². The first kappa shape index (κ1) is 22.6. The number of ether oxygens (including phenoxy) is 1. The third-order valence-corrected chi connectivity index (χ3v) is 6.13. The van der Waals surface area contributed by atoms with Gasteiger partial charge in [0.05, 0.1) is 4.90 Å². The molecule has 0 radical (unpaired) electrons. The zero-order valence-electron chi connectivity index (χ0n) is 17.1. The summed E-state index contributed by atoms with van der Waals surface area (Å²) in [7, 11) is -0.690. The molecule has 0 aliphatic rings. The molecule has 8 heteroatoms. The summed E-state index contributed by atoms with van der Waals surface area (Å²) >= 11 is 0. The van der Waals surface area contributed by atoms with Gasteiger partial charge in [-0.2, -0.15) is 0 Å². The molecule has 0 aliphatic carbocycles. The van der Waals surface area contributed by atoms with Crippen molar-refractivity contribution >= 4 is 27.4 Å². The van der Waals surface area contributed by atoms with Crippen molar-refractivity contribution in [2.45, 2.75) is 31.6 Å². The Balaban J connectivity index is 1.98. The van der Waals surface area contributed by atoms with Crippen LogP contribution in [0.4, 0.5) is 5.69 Å². The fourth-order valence-electron chi connectivity index (χ4n) is 2.51. The maximum Gasteiger partial charge on any atom is 0.262 e. The van der Waals surface area contributed by atoms with Crippen LogP contribution in [0.2, 0.25) is 0 Å². The fraction of sp³-hybridized carbons (Fsp3) is 0.333. The predicted molar refractivity (Wildman–Crippen MR) is 112 cm³/mol. The number of nitrogens with zero attached hydrogens (tertiary/aromatic N) is 1. The van der Waals surface area contributed by atoms with Crippen molar-refractivity contribution in [1.82, 2.24) is 4.31 Å². The summed E-state index contributed by atoms with van der Waals surface area (Å²) in [6.45, 7) is 3.13. The Morgan fingerprint density at radius 1 is 1.07 bits per heavy atom. The molecule has 2 aromatic carbocycles. The van der Waals surface area contributed by atoms with Gasteiger partial charge in [-0.1, -0.05) is 18.2 Å². The Morgan fingerprint density at radius 3 is 2.31 bits per heavy atom. The van der Waals surface area contributed by atoms with Crippen molar-refractivity contribution in [2.24, 2.45) is 0 Å². The zero-order valence-corrected chi connectivity index (χ0v) is 17.9. The van der Waals surface area contributed by atoms with Crippen molar-refractivity contribution in [1.29, 1.82) is 0 Å². The molecule has 0 saturated carbocycles. The molecule has 0 heterocycles. The molecule has 1 amide bonds. The predicted octanol–water partition coefficient (Wildman–Crippen LogP) is 2.78. The van der Waals surface area contributed by atoms with E-state index in [2.05, 4.69) is 5.32 Å². The molecule has 0 atom stereocenters. The van der Waals surface area contributed by atoms with Crippen LogP contribution in [0.25, 0.3) is 0 Å². The van der Waals surface area contributed by atoms with E-state index in [9.17, 15) is 18.0 Å². The van der Waals surface area contributed by atoms with Crippen LogP contribution < -0.4 is 10.1 Å². The number of benzene rings is 2. The molecule has 0 aromatic heterocycles. The number of hydrogen-bond acceptors (Lipinski definition) is 5. The zero-order chi connectivity index (χ0) is 21.6. The summed E-state index contributed by atoms with van der Waals surface area (Å²) in [5, 5.41) is 2.69. The average molecular weight is 419 g/mol. The molecular weight excluding hydrogens is 392 g/mol. The Hall–Kier alpha value is -2.71. The molecule has 0 saturated heterocycles. The minimum atomic E-state index is -3.59. The summed E-state index contributed by atoms with van der Waals surface area (Å²) in [6.07, 6.45) is 1.16. The van der Waals surface area contributed by atoms with Crippen LogP contribution in [0.1, 0.15) is 24.5 Å². The monoisotopic (exact) mass is 418 g/mol. The van der Waals surface area contributed by atoms with Gasteiger partial charge in [-0.15, -0.1) is 0 Å². The Bertz CT molecular complexity index is 983. The first-order valence-electron chi connectivity index (χ1n) is 9.14. The van der Waals surface area contributed by atoms with E-state index >= 15 is 0 Å². The lowest BCUT2D eigenvalue weighted by molar-refractivity contribution is -0.118. The number of hydrogen-bond donors (Lipinski definition) is 1. The van der Waals surface area contributed by atoms with Gasteiger partial charge < -0.3 is 14.8 Å². The number of ketones is 1. The summed E-state index contributed by atoms with van der Waals surface area (Å²) in [5.41, 5.74) is 2.18. The van der Waals surface area contributed by atoms with Gasteiger partial charge in [0.1, 0.15) is 11.5 Å². The largest absolute Gasteiger partial charge is 0.484 e. The summed E-state index contributed by atoms with van der Waals surface area (Å²) in [6, 6.07) is 11.8. The smallest absolute Gasteiger partial charge is 0.262 e. The van der Waals surface area contributed by atoms with E-state index in [1.54, 1.807) is 32.0 Å². The molecule has 0 unspecified atom stereocenters. The number of rotatable bonds is 9.